The van der Waals surface area contributed by atoms with Gasteiger partial charge in [0, 0.05) is 19.3 Å². The Bertz CT molecular complexity index is 132. The van der Waals surface area contributed by atoms with Gasteiger partial charge in [-0.1, -0.05) is 32.6 Å². The predicted molar refractivity (Wildman–Crippen MR) is 60.3 cm³/mol. The van der Waals surface area contributed by atoms with E-state index in [2.05, 4.69) is 6.92 Å². The Hall–Kier alpha value is -0.0800. The second-order valence-electron chi connectivity index (χ2n) is 4.57. The van der Waals surface area contributed by atoms with Crippen molar-refractivity contribution < 1.29 is 4.74 Å². The molecule has 1 heterocycles. The van der Waals surface area contributed by atoms with Crippen molar-refractivity contribution in [3.05, 3.63) is 0 Å². The SMILES string of the molecule is CCCCCCC(N)CC1CCOC1. The third-order valence-electron chi connectivity index (χ3n) is 3.09. The van der Waals surface area contributed by atoms with Crippen molar-refractivity contribution in [1.82, 2.24) is 0 Å². The molecule has 0 bridgehead atoms. The lowest BCUT2D eigenvalue weighted by atomic mass is 9.96. The van der Waals surface area contributed by atoms with Crippen molar-refractivity contribution in [2.45, 2.75) is 57.9 Å². The molecule has 1 aliphatic rings. The van der Waals surface area contributed by atoms with Crippen LogP contribution in [0.1, 0.15) is 51.9 Å². The van der Waals surface area contributed by atoms with Gasteiger partial charge in [-0.05, 0) is 25.2 Å². The van der Waals surface area contributed by atoms with Gasteiger partial charge >= 0.3 is 0 Å². The summed E-state index contributed by atoms with van der Waals surface area (Å²) in [4.78, 5) is 0. The Morgan fingerprint density at radius 2 is 2.21 bits per heavy atom. The van der Waals surface area contributed by atoms with E-state index in [0.29, 0.717) is 6.04 Å². The molecule has 2 unspecified atom stereocenters. The Kier molecular flexibility index (Phi) is 6.20. The molecular weight excluding hydrogens is 174 g/mol. The summed E-state index contributed by atoms with van der Waals surface area (Å²) in [5, 5.41) is 0. The van der Waals surface area contributed by atoms with Crippen LogP contribution in [0.15, 0.2) is 0 Å². The summed E-state index contributed by atoms with van der Waals surface area (Å²) >= 11 is 0. The molecular formula is C12H25NO. The van der Waals surface area contributed by atoms with E-state index >= 15 is 0 Å². The zero-order chi connectivity index (χ0) is 10.2. The Morgan fingerprint density at radius 1 is 1.36 bits per heavy atom. The minimum absolute atomic E-state index is 0.415. The fraction of sp³-hybridized carbons (Fsp3) is 1.00. The summed E-state index contributed by atoms with van der Waals surface area (Å²) < 4.78 is 5.35. The maximum absolute atomic E-state index is 6.08. The first-order valence-electron chi connectivity index (χ1n) is 6.16. The fourth-order valence-electron chi connectivity index (χ4n) is 2.15. The Balaban J connectivity index is 1.95. The maximum atomic E-state index is 6.08. The summed E-state index contributed by atoms with van der Waals surface area (Å²) in [6.07, 6.45) is 8.93. The molecule has 2 nitrogen and oxygen atoms in total. The second kappa shape index (κ2) is 7.24. The number of unbranched alkanes of at least 4 members (excludes halogenated alkanes) is 3. The second-order valence-corrected chi connectivity index (χ2v) is 4.57. The molecule has 1 fully saturated rings. The molecule has 0 aromatic rings. The monoisotopic (exact) mass is 199 g/mol. The van der Waals surface area contributed by atoms with E-state index in [1.165, 1.54) is 44.9 Å². The molecule has 1 saturated heterocycles. The lowest BCUT2D eigenvalue weighted by Crippen LogP contribution is -2.23. The van der Waals surface area contributed by atoms with Gasteiger partial charge in [0.15, 0.2) is 0 Å². The lowest BCUT2D eigenvalue weighted by Gasteiger charge is -2.14. The molecule has 0 aromatic carbocycles. The average Bonchev–Trinajstić information content (AvgIpc) is 2.65. The van der Waals surface area contributed by atoms with Crippen LogP contribution in [-0.2, 0) is 4.74 Å². The van der Waals surface area contributed by atoms with Gasteiger partial charge in [-0.15, -0.1) is 0 Å². The lowest BCUT2D eigenvalue weighted by molar-refractivity contribution is 0.182. The van der Waals surface area contributed by atoms with Crippen molar-refractivity contribution in [1.29, 1.82) is 0 Å². The van der Waals surface area contributed by atoms with E-state index in [9.17, 15) is 0 Å². The first-order chi connectivity index (χ1) is 6.83. The average molecular weight is 199 g/mol. The van der Waals surface area contributed by atoms with Crippen molar-refractivity contribution in [2.75, 3.05) is 13.2 Å². The van der Waals surface area contributed by atoms with Crippen LogP contribution >= 0.6 is 0 Å². The zero-order valence-corrected chi connectivity index (χ0v) is 9.50. The highest BCUT2D eigenvalue weighted by atomic mass is 16.5. The van der Waals surface area contributed by atoms with Crippen LogP contribution < -0.4 is 5.73 Å². The molecule has 14 heavy (non-hydrogen) atoms. The third kappa shape index (κ3) is 4.97. The third-order valence-corrected chi connectivity index (χ3v) is 3.09. The quantitative estimate of drug-likeness (QED) is 0.640. The van der Waals surface area contributed by atoms with E-state index in [1.807, 2.05) is 0 Å². The van der Waals surface area contributed by atoms with Crippen molar-refractivity contribution in [3.63, 3.8) is 0 Å². The minimum Gasteiger partial charge on any atom is -0.381 e. The summed E-state index contributed by atoms with van der Waals surface area (Å²) in [5.74, 6) is 0.746. The Morgan fingerprint density at radius 3 is 2.86 bits per heavy atom. The van der Waals surface area contributed by atoms with Crippen LogP contribution in [-0.4, -0.2) is 19.3 Å². The van der Waals surface area contributed by atoms with Gasteiger partial charge in [0.2, 0.25) is 0 Å². The predicted octanol–water partition coefficient (Wildman–Crippen LogP) is 2.71. The van der Waals surface area contributed by atoms with E-state index < -0.39 is 0 Å². The molecule has 2 atom stereocenters. The Labute approximate surface area is 88.2 Å². The first kappa shape index (κ1) is 12.0. The molecule has 0 spiro atoms. The molecule has 0 amide bonds. The van der Waals surface area contributed by atoms with Crippen molar-refractivity contribution in [3.8, 4) is 0 Å². The topological polar surface area (TPSA) is 35.2 Å². The fourth-order valence-corrected chi connectivity index (χ4v) is 2.15. The standard InChI is InChI=1S/C12H25NO/c1-2-3-4-5-6-12(13)9-11-7-8-14-10-11/h11-12H,2-10,13H2,1H3. The number of rotatable bonds is 7. The molecule has 2 N–H and O–H groups in total. The first-order valence-corrected chi connectivity index (χ1v) is 6.16. The highest BCUT2D eigenvalue weighted by Crippen LogP contribution is 2.19. The molecule has 0 aromatic heterocycles. The normalized spacial score (nSPS) is 24.0. The van der Waals surface area contributed by atoms with Gasteiger partial charge in [0.05, 0.1) is 0 Å². The van der Waals surface area contributed by atoms with Crippen LogP contribution in [0.25, 0.3) is 0 Å². The van der Waals surface area contributed by atoms with Gasteiger partial charge in [0.1, 0.15) is 0 Å². The van der Waals surface area contributed by atoms with E-state index in [1.54, 1.807) is 0 Å². The largest absolute Gasteiger partial charge is 0.381 e. The molecule has 2 heteroatoms. The number of hydrogen-bond acceptors (Lipinski definition) is 2. The molecule has 0 saturated carbocycles. The van der Waals surface area contributed by atoms with Gasteiger partial charge in [-0.3, -0.25) is 0 Å². The molecule has 84 valence electrons. The number of hydrogen-bond donors (Lipinski definition) is 1. The zero-order valence-electron chi connectivity index (χ0n) is 9.50. The molecule has 1 aliphatic heterocycles. The smallest absolute Gasteiger partial charge is 0.0495 e. The van der Waals surface area contributed by atoms with Gasteiger partial charge < -0.3 is 10.5 Å². The van der Waals surface area contributed by atoms with Crippen molar-refractivity contribution in [2.24, 2.45) is 11.7 Å². The summed E-state index contributed by atoms with van der Waals surface area (Å²) in [6.45, 7) is 4.14. The molecule has 1 rings (SSSR count). The van der Waals surface area contributed by atoms with Gasteiger partial charge in [0.25, 0.3) is 0 Å². The maximum Gasteiger partial charge on any atom is 0.0495 e. The summed E-state index contributed by atoms with van der Waals surface area (Å²) in [6, 6.07) is 0.415. The van der Waals surface area contributed by atoms with Gasteiger partial charge in [-0.2, -0.15) is 0 Å². The van der Waals surface area contributed by atoms with Crippen LogP contribution in [0.4, 0.5) is 0 Å². The summed E-state index contributed by atoms with van der Waals surface area (Å²) in [7, 11) is 0. The van der Waals surface area contributed by atoms with Crippen LogP contribution in [0, 0.1) is 5.92 Å². The highest BCUT2D eigenvalue weighted by Gasteiger charge is 2.18. The van der Waals surface area contributed by atoms with Gasteiger partial charge in [-0.25, -0.2) is 0 Å². The number of nitrogens with two attached hydrogens (primary N) is 1. The molecule has 0 aliphatic carbocycles. The highest BCUT2D eigenvalue weighted by molar-refractivity contribution is 4.71. The van der Waals surface area contributed by atoms with E-state index in [4.69, 9.17) is 10.5 Å². The van der Waals surface area contributed by atoms with E-state index in [0.717, 1.165) is 19.1 Å². The molecule has 0 radical (unpaired) electrons. The number of ether oxygens (including phenoxy) is 1. The van der Waals surface area contributed by atoms with Crippen LogP contribution in [0.5, 0.6) is 0 Å². The summed E-state index contributed by atoms with van der Waals surface area (Å²) in [5.41, 5.74) is 6.08. The van der Waals surface area contributed by atoms with Crippen molar-refractivity contribution >= 4 is 0 Å². The minimum atomic E-state index is 0.415. The van der Waals surface area contributed by atoms with Crippen LogP contribution in [0.3, 0.4) is 0 Å². The van der Waals surface area contributed by atoms with Crippen LogP contribution in [0.2, 0.25) is 0 Å². The van der Waals surface area contributed by atoms with E-state index in [-0.39, 0.29) is 0 Å².